The van der Waals surface area contributed by atoms with Gasteiger partial charge in [0.05, 0.1) is 24.0 Å². The van der Waals surface area contributed by atoms with Crippen molar-refractivity contribution in [3.63, 3.8) is 0 Å². The molecule has 0 aromatic heterocycles. The molecule has 0 bridgehead atoms. The van der Waals surface area contributed by atoms with Crippen LogP contribution in [0.1, 0.15) is 43.0 Å². The Kier molecular flexibility index (Phi) is 33.5. The number of amides is 4. The number of hydrogen-bond acceptors (Lipinski definition) is 8. The van der Waals surface area contributed by atoms with Gasteiger partial charge in [-0.25, -0.2) is 36.4 Å². The fourth-order valence-electron chi connectivity index (χ4n) is 7.68. The van der Waals surface area contributed by atoms with Gasteiger partial charge in [-0.3, -0.25) is 14.4 Å². The van der Waals surface area contributed by atoms with Crippen molar-refractivity contribution >= 4 is 35.6 Å². The van der Waals surface area contributed by atoms with E-state index in [0.717, 1.165) is 22.3 Å². The summed E-state index contributed by atoms with van der Waals surface area (Å²) < 4.78 is 0. The van der Waals surface area contributed by atoms with Gasteiger partial charge >= 0.3 is 34.1 Å². The van der Waals surface area contributed by atoms with Crippen LogP contribution < -0.4 is 42.1 Å². The summed E-state index contributed by atoms with van der Waals surface area (Å²) in [4.78, 5) is 74.1. The average molecular weight is 1150 g/mol. The molecule has 17 heteroatoms. The fraction of sp³-hybridized carbons (Fsp3) is 0.194. The second-order valence-corrected chi connectivity index (χ2v) is 17.6. The number of carbonyl (C=O) groups is 6. The smallest absolute Gasteiger partial charge is 0.548 e. The third kappa shape index (κ3) is 26.8. The van der Waals surface area contributed by atoms with Crippen LogP contribution in [-0.2, 0) is 79.0 Å². The molecule has 4 atom stereocenters. The Bertz CT molecular complexity index is 2580. The third-order valence-electron chi connectivity index (χ3n) is 11.7. The van der Waals surface area contributed by atoms with Gasteiger partial charge in [0.15, 0.2) is 11.8 Å². The number of quaternary nitrogens is 2. The topological polar surface area (TPSA) is 261 Å². The molecule has 1 aliphatic rings. The Morgan fingerprint density at radius 2 is 0.772 bits per heavy atom. The van der Waals surface area contributed by atoms with Crippen molar-refractivity contribution in [1.82, 2.24) is 21.3 Å². The number of nitrogens with one attached hydrogen (secondary N) is 4. The van der Waals surface area contributed by atoms with Crippen LogP contribution in [0.15, 0.2) is 231 Å². The predicted octanol–water partition coefficient (Wildman–Crippen LogP) is 1.56. The SMILES string of the molecule is C1C[NH2+]CC[NH2+]1.O.O=C(N[C@@H](Cc1ccccc1)C(=O)N[C@@H](Cc1ccccc1)C(=O)[O-])[c-]1cccc1.O=C(N[C@@H](Cc1ccccc1)C(=O)N[C@@H](Cc1ccccc1)C(=O)[O-])c1ccc[cH-]1.[Fe+2].[Fe+2].c1cc[cH-]c1.c1cc[cH-]c1. The number of hydrogen-bond donors (Lipinski definition) is 6. The number of carbonyl (C=O) groups excluding carboxylic acids is 6. The van der Waals surface area contributed by atoms with E-state index >= 15 is 0 Å². The second kappa shape index (κ2) is 39.4. The van der Waals surface area contributed by atoms with Crippen LogP contribution in [0.5, 0.6) is 0 Å². The monoisotopic (exact) mass is 1150 g/mol. The maximum atomic E-state index is 12.9. The molecule has 416 valence electrons. The summed E-state index contributed by atoms with van der Waals surface area (Å²) in [6.45, 7) is 5.28. The summed E-state index contributed by atoms with van der Waals surface area (Å²) in [5.41, 5.74) is 4.06. The number of rotatable bonds is 18. The Hall–Kier alpha value is -7.98. The first-order chi connectivity index (χ1) is 37.0. The Morgan fingerprint density at radius 1 is 0.430 bits per heavy atom. The zero-order chi connectivity index (χ0) is 54.0. The molecule has 8 aromatic carbocycles. The van der Waals surface area contributed by atoms with E-state index in [1.165, 1.54) is 26.2 Å². The molecule has 8 aromatic rings. The van der Waals surface area contributed by atoms with Crippen molar-refractivity contribution in [3.8, 4) is 0 Å². The maximum absolute atomic E-state index is 12.9. The first-order valence-electron chi connectivity index (χ1n) is 25.3. The number of piperazine rings is 1. The predicted molar refractivity (Wildman–Crippen MR) is 292 cm³/mol. The van der Waals surface area contributed by atoms with E-state index in [-0.39, 0.29) is 65.3 Å². The Balaban J connectivity index is 0.000000406. The molecule has 0 radical (unpaired) electrons. The molecule has 1 fully saturated rings. The molecular weight excluding hydrogens is 1080 g/mol. The number of benzene rings is 4. The molecule has 10 N–H and O–H groups in total. The van der Waals surface area contributed by atoms with E-state index in [9.17, 15) is 39.0 Å². The van der Waals surface area contributed by atoms with Gasteiger partial charge in [0, 0.05) is 12.8 Å². The molecule has 0 aliphatic carbocycles. The van der Waals surface area contributed by atoms with Gasteiger partial charge in [0.1, 0.15) is 38.3 Å². The summed E-state index contributed by atoms with van der Waals surface area (Å²) in [5.74, 6) is -4.72. The normalized spacial score (nSPS) is 12.4. The Labute approximate surface area is 483 Å². The molecule has 0 saturated carbocycles. The molecule has 1 saturated heterocycles. The Morgan fingerprint density at radius 3 is 1.06 bits per heavy atom. The van der Waals surface area contributed by atoms with Gasteiger partial charge in [-0.05, 0) is 35.1 Å². The first-order valence-corrected chi connectivity index (χ1v) is 25.3. The van der Waals surface area contributed by atoms with Gasteiger partial charge < -0.3 is 62.0 Å². The van der Waals surface area contributed by atoms with Crippen molar-refractivity contribution in [1.29, 1.82) is 0 Å². The number of aliphatic carboxylic acids is 2. The average Bonchev–Trinajstić information content (AvgIpc) is 4.33. The zero-order valence-corrected chi connectivity index (χ0v) is 45.7. The van der Waals surface area contributed by atoms with E-state index < -0.39 is 59.7 Å². The molecule has 15 nitrogen and oxygen atoms in total. The molecule has 0 unspecified atom stereocenters. The van der Waals surface area contributed by atoms with E-state index in [1.54, 1.807) is 97.1 Å². The molecule has 1 heterocycles. The van der Waals surface area contributed by atoms with Crippen LogP contribution in [0.25, 0.3) is 0 Å². The molecule has 1 aliphatic heterocycles. The van der Waals surface area contributed by atoms with Gasteiger partial charge in [-0.1, -0.05) is 132 Å². The van der Waals surface area contributed by atoms with E-state index in [1.807, 2.05) is 133 Å². The van der Waals surface area contributed by atoms with Gasteiger partial charge in [-0.2, -0.15) is 66.7 Å². The molecule has 9 rings (SSSR count). The minimum atomic E-state index is -1.38. The minimum Gasteiger partial charge on any atom is -0.548 e. The second-order valence-electron chi connectivity index (χ2n) is 17.6. The fourth-order valence-corrected chi connectivity index (χ4v) is 7.68. The third-order valence-corrected chi connectivity index (χ3v) is 11.7. The van der Waals surface area contributed by atoms with Crippen molar-refractivity contribution in [2.75, 3.05) is 26.2 Å². The number of carboxylic acids is 2. The molecular formula is C62H68Fe2N6O9. The van der Waals surface area contributed by atoms with Crippen LogP contribution in [0.3, 0.4) is 0 Å². The maximum Gasteiger partial charge on any atom is 2.00 e. The van der Waals surface area contributed by atoms with E-state index in [4.69, 9.17) is 0 Å². The van der Waals surface area contributed by atoms with Crippen LogP contribution in [-0.4, -0.2) is 91.4 Å². The minimum absolute atomic E-state index is 0. The van der Waals surface area contributed by atoms with Crippen LogP contribution in [0.4, 0.5) is 0 Å². The van der Waals surface area contributed by atoms with E-state index in [0.29, 0.717) is 11.1 Å². The standard InChI is InChI=1S/2C24H23N2O4.2C5H5.C4H10N2.2Fe.H2O/c2*27-22(19-13-7-8-14-19)25-20(15-17-9-3-1-4-10-17)23(28)26-21(24(29)30)16-18-11-5-2-6-12-18;2*1-2-4-5-3-1;1-2-6-4-3-5-1;;;/h2*1-14,20-21H,15-16H2,(H,25,27)(H,26,28)(H,29,30);2*1-5H;5-6H,1-4H2;;;1H2/q4*-1;;2*+2;/t2*20-,21-;;;;;;/m00....../s1. The summed E-state index contributed by atoms with van der Waals surface area (Å²) in [6.07, 6.45) is 0.627. The largest absolute Gasteiger partial charge is 2.00 e. The van der Waals surface area contributed by atoms with Crippen molar-refractivity contribution in [2.24, 2.45) is 0 Å². The van der Waals surface area contributed by atoms with Gasteiger partial charge in [-0.15, -0.1) is 6.07 Å². The van der Waals surface area contributed by atoms with Gasteiger partial charge in [0.2, 0.25) is 11.8 Å². The van der Waals surface area contributed by atoms with Crippen LogP contribution in [0, 0.1) is 0 Å². The summed E-state index contributed by atoms with van der Waals surface area (Å²) in [5, 5.41) is 38.4. The quantitative estimate of drug-likeness (QED) is 0.0542. The molecule has 0 spiro atoms. The van der Waals surface area contributed by atoms with Gasteiger partial charge in [0.25, 0.3) is 0 Å². The summed E-state index contributed by atoms with van der Waals surface area (Å²) in [6, 6.07) is 65.6. The summed E-state index contributed by atoms with van der Waals surface area (Å²) in [7, 11) is 0. The van der Waals surface area contributed by atoms with Crippen molar-refractivity contribution < 1.29 is 89.2 Å². The van der Waals surface area contributed by atoms with E-state index in [2.05, 4.69) is 31.9 Å². The number of nitrogens with two attached hydrogens (primary N) is 2. The van der Waals surface area contributed by atoms with Crippen molar-refractivity contribution in [2.45, 2.75) is 49.9 Å². The number of carboxylic acid groups (broad SMARTS) is 2. The molecule has 79 heavy (non-hydrogen) atoms. The van der Waals surface area contributed by atoms with Crippen LogP contribution >= 0.6 is 0 Å². The molecule has 4 amide bonds. The van der Waals surface area contributed by atoms with Crippen molar-refractivity contribution in [3.05, 3.63) is 264 Å². The zero-order valence-electron chi connectivity index (χ0n) is 43.5. The summed E-state index contributed by atoms with van der Waals surface area (Å²) >= 11 is 0. The first kappa shape index (κ1) is 67.1. The van der Waals surface area contributed by atoms with Crippen LogP contribution in [0.2, 0.25) is 0 Å².